The molecule has 3 rings (SSSR count). The first-order valence-corrected chi connectivity index (χ1v) is 8.57. The van der Waals surface area contributed by atoms with Crippen LogP contribution in [-0.4, -0.2) is 39.9 Å². The van der Waals surface area contributed by atoms with Gasteiger partial charge in [-0.15, -0.1) is 11.3 Å². The van der Waals surface area contributed by atoms with Gasteiger partial charge in [-0.05, 0) is 27.9 Å². The van der Waals surface area contributed by atoms with E-state index < -0.39 is 11.6 Å². The molecule has 1 aromatic carbocycles. The SMILES string of the molecule is COc1cc(Cl)c(NC(=O)Cn2nnn(-c3cccs3)c2=O)cc1OC. The van der Waals surface area contributed by atoms with E-state index in [2.05, 4.69) is 15.7 Å². The number of hydrogen-bond acceptors (Lipinski definition) is 7. The van der Waals surface area contributed by atoms with Gasteiger partial charge in [-0.1, -0.05) is 11.6 Å². The summed E-state index contributed by atoms with van der Waals surface area (Å²) in [5.41, 5.74) is -0.186. The predicted molar refractivity (Wildman–Crippen MR) is 96.7 cm³/mol. The summed E-state index contributed by atoms with van der Waals surface area (Å²) >= 11 is 7.48. The molecule has 0 atom stereocenters. The van der Waals surface area contributed by atoms with Crippen molar-refractivity contribution in [1.82, 2.24) is 19.8 Å². The van der Waals surface area contributed by atoms with Crippen molar-refractivity contribution in [3.63, 3.8) is 0 Å². The van der Waals surface area contributed by atoms with E-state index in [0.717, 1.165) is 9.36 Å². The smallest absolute Gasteiger partial charge is 0.369 e. The Bertz CT molecular complexity index is 983. The number of nitrogens with one attached hydrogen (secondary N) is 1. The predicted octanol–water partition coefficient (Wildman–Crippen LogP) is 1.80. The molecule has 11 heteroatoms. The molecular weight excluding hydrogens is 382 g/mol. The van der Waals surface area contributed by atoms with Crippen molar-refractivity contribution in [1.29, 1.82) is 0 Å². The third-order valence-corrected chi connectivity index (χ3v) is 4.55. The van der Waals surface area contributed by atoms with Gasteiger partial charge in [-0.3, -0.25) is 4.79 Å². The number of ether oxygens (including phenoxy) is 2. The molecule has 0 radical (unpaired) electrons. The molecule has 0 unspecified atom stereocenters. The van der Waals surface area contributed by atoms with Crippen LogP contribution in [0.5, 0.6) is 11.5 Å². The van der Waals surface area contributed by atoms with Gasteiger partial charge in [0.25, 0.3) is 0 Å². The number of tetrazole rings is 1. The second-order valence-corrected chi connectivity index (χ2v) is 6.35. The Balaban J connectivity index is 1.77. The molecule has 0 saturated heterocycles. The number of carbonyl (C=O) groups excluding carboxylic acids is 1. The Hall–Kier alpha value is -2.85. The van der Waals surface area contributed by atoms with E-state index in [1.165, 1.54) is 37.7 Å². The second kappa shape index (κ2) is 7.58. The monoisotopic (exact) mass is 395 g/mol. The maximum atomic E-state index is 12.3. The summed E-state index contributed by atoms with van der Waals surface area (Å²) in [6.45, 7) is -0.311. The van der Waals surface area contributed by atoms with E-state index in [1.807, 2.05) is 5.38 Å². The van der Waals surface area contributed by atoms with Crippen LogP contribution in [0.25, 0.3) is 5.00 Å². The van der Waals surface area contributed by atoms with Crippen molar-refractivity contribution in [3.05, 3.63) is 45.2 Å². The highest BCUT2D eigenvalue weighted by molar-refractivity contribution is 7.12. The maximum absolute atomic E-state index is 12.3. The summed E-state index contributed by atoms with van der Waals surface area (Å²) in [4.78, 5) is 24.5. The fourth-order valence-corrected chi connectivity index (χ4v) is 3.05. The molecule has 0 aliphatic heterocycles. The Morgan fingerprint density at radius 1 is 1.27 bits per heavy atom. The standard InChI is InChI=1S/C15H14ClN5O4S/c1-24-11-6-9(16)10(7-12(11)25-2)17-13(22)8-20-15(23)21(19-18-20)14-4-3-5-26-14/h3-7H,8H2,1-2H3,(H,17,22). The average Bonchev–Trinajstić information content (AvgIpc) is 3.27. The van der Waals surface area contributed by atoms with Crippen molar-refractivity contribution < 1.29 is 14.3 Å². The van der Waals surface area contributed by atoms with Crippen LogP contribution in [0.4, 0.5) is 5.69 Å². The number of methoxy groups -OCH3 is 2. The summed E-state index contributed by atoms with van der Waals surface area (Å²) in [5, 5.41) is 12.8. The number of halogens is 1. The first kappa shape index (κ1) is 18.0. The number of benzene rings is 1. The first-order valence-electron chi connectivity index (χ1n) is 7.31. The van der Waals surface area contributed by atoms with Crippen LogP contribution in [0.1, 0.15) is 0 Å². The molecule has 0 aliphatic rings. The molecule has 136 valence electrons. The minimum atomic E-state index is -0.513. The van der Waals surface area contributed by atoms with Crippen LogP contribution in [0.2, 0.25) is 5.02 Å². The van der Waals surface area contributed by atoms with Gasteiger partial charge in [0.2, 0.25) is 5.91 Å². The van der Waals surface area contributed by atoms with Crippen LogP contribution in [-0.2, 0) is 11.3 Å². The minimum Gasteiger partial charge on any atom is -0.493 e. The molecule has 2 heterocycles. The third-order valence-electron chi connectivity index (χ3n) is 3.40. The van der Waals surface area contributed by atoms with Gasteiger partial charge < -0.3 is 14.8 Å². The Kier molecular flexibility index (Phi) is 5.24. The minimum absolute atomic E-state index is 0.269. The molecular formula is C15H14ClN5O4S. The number of hydrogen-bond donors (Lipinski definition) is 1. The lowest BCUT2D eigenvalue weighted by atomic mass is 10.2. The summed E-state index contributed by atoms with van der Waals surface area (Å²) in [5.74, 6) is 0.359. The van der Waals surface area contributed by atoms with Crippen LogP contribution < -0.4 is 20.5 Å². The van der Waals surface area contributed by atoms with Crippen LogP contribution in [0, 0.1) is 0 Å². The Labute approximate surface area is 156 Å². The highest BCUT2D eigenvalue weighted by Crippen LogP contribution is 2.35. The molecule has 3 aromatic rings. The topological polar surface area (TPSA) is 100 Å². The zero-order valence-electron chi connectivity index (χ0n) is 13.8. The highest BCUT2D eigenvalue weighted by Gasteiger charge is 2.15. The van der Waals surface area contributed by atoms with Gasteiger partial charge >= 0.3 is 5.69 Å². The van der Waals surface area contributed by atoms with Gasteiger partial charge in [0.05, 0.1) is 24.9 Å². The zero-order chi connectivity index (χ0) is 18.7. The molecule has 0 aliphatic carbocycles. The average molecular weight is 396 g/mol. The largest absolute Gasteiger partial charge is 0.493 e. The number of carbonyl (C=O) groups is 1. The number of anilines is 1. The van der Waals surface area contributed by atoms with Crippen molar-refractivity contribution in [3.8, 4) is 16.5 Å². The Morgan fingerprint density at radius 2 is 2.00 bits per heavy atom. The van der Waals surface area contributed by atoms with Gasteiger partial charge in [-0.2, -0.15) is 9.36 Å². The van der Waals surface area contributed by atoms with E-state index in [0.29, 0.717) is 22.2 Å². The number of nitrogens with zero attached hydrogens (tertiary/aromatic N) is 4. The Morgan fingerprint density at radius 3 is 2.65 bits per heavy atom. The number of amides is 1. The summed E-state index contributed by atoms with van der Waals surface area (Å²) in [7, 11) is 2.95. The van der Waals surface area contributed by atoms with E-state index in [9.17, 15) is 9.59 Å². The van der Waals surface area contributed by atoms with Crippen molar-refractivity contribution in [2.45, 2.75) is 6.54 Å². The molecule has 1 amide bonds. The number of thiophene rings is 1. The zero-order valence-corrected chi connectivity index (χ0v) is 15.4. The van der Waals surface area contributed by atoms with Crippen LogP contribution in [0.3, 0.4) is 0 Å². The lowest BCUT2D eigenvalue weighted by Crippen LogP contribution is -2.29. The molecule has 0 fully saturated rings. The normalized spacial score (nSPS) is 10.6. The van der Waals surface area contributed by atoms with Crippen molar-refractivity contribution >= 4 is 34.5 Å². The maximum Gasteiger partial charge on any atom is 0.369 e. The first-order chi connectivity index (χ1) is 12.5. The molecule has 0 bridgehead atoms. The van der Waals surface area contributed by atoms with Crippen molar-refractivity contribution in [2.24, 2.45) is 0 Å². The third kappa shape index (κ3) is 3.55. The molecule has 0 saturated carbocycles. The molecule has 1 N–H and O–H groups in total. The van der Waals surface area contributed by atoms with Gasteiger partial charge in [0.1, 0.15) is 11.5 Å². The van der Waals surface area contributed by atoms with E-state index in [4.69, 9.17) is 21.1 Å². The quantitative estimate of drug-likeness (QED) is 0.683. The number of rotatable bonds is 6. The molecule has 2 aromatic heterocycles. The number of aromatic nitrogens is 4. The van der Waals surface area contributed by atoms with Gasteiger partial charge in [-0.25, -0.2) is 4.79 Å². The van der Waals surface area contributed by atoms with Gasteiger partial charge in [0, 0.05) is 12.1 Å². The summed E-state index contributed by atoms with van der Waals surface area (Å²) < 4.78 is 12.4. The van der Waals surface area contributed by atoms with Crippen molar-refractivity contribution in [2.75, 3.05) is 19.5 Å². The fourth-order valence-electron chi connectivity index (χ4n) is 2.18. The highest BCUT2D eigenvalue weighted by atomic mass is 35.5. The summed E-state index contributed by atoms with van der Waals surface area (Å²) in [6.07, 6.45) is 0. The fraction of sp³-hybridized carbons (Fsp3) is 0.200. The lowest BCUT2D eigenvalue weighted by molar-refractivity contribution is -0.117. The van der Waals surface area contributed by atoms with Crippen LogP contribution in [0.15, 0.2) is 34.4 Å². The molecule has 26 heavy (non-hydrogen) atoms. The van der Waals surface area contributed by atoms with E-state index in [-0.39, 0.29) is 11.6 Å². The summed E-state index contributed by atoms with van der Waals surface area (Å²) in [6, 6.07) is 6.57. The molecule has 0 spiro atoms. The second-order valence-electron chi connectivity index (χ2n) is 5.02. The van der Waals surface area contributed by atoms with E-state index >= 15 is 0 Å². The van der Waals surface area contributed by atoms with Crippen LogP contribution >= 0.6 is 22.9 Å². The van der Waals surface area contributed by atoms with Gasteiger partial charge in [0.15, 0.2) is 11.5 Å². The van der Waals surface area contributed by atoms with E-state index in [1.54, 1.807) is 12.1 Å². The lowest BCUT2D eigenvalue weighted by Gasteiger charge is -2.12. The molecule has 9 nitrogen and oxygen atoms in total.